The van der Waals surface area contributed by atoms with Crippen LogP contribution in [0.15, 0.2) is 35.3 Å². The van der Waals surface area contributed by atoms with Crippen molar-refractivity contribution in [2.45, 2.75) is 32.1 Å². The molecule has 0 saturated carbocycles. The van der Waals surface area contributed by atoms with Crippen LogP contribution >= 0.6 is 24.0 Å². The zero-order valence-electron chi connectivity index (χ0n) is 18.1. The lowest BCUT2D eigenvalue weighted by molar-refractivity contribution is 0.0203. The molecule has 1 aliphatic rings. The zero-order chi connectivity index (χ0) is 19.9. The maximum atomic E-state index is 5.80. The third-order valence-corrected chi connectivity index (χ3v) is 5.09. The van der Waals surface area contributed by atoms with Gasteiger partial charge in [0, 0.05) is 65.8 Å². The molecule has 1 heterocycles. The van der Waals surface area contributed by atoms with Crippen molar-refractivity contribution in [2.24, 2.45) is 10.9 Å². The number of halogens is 1. The summed E-state index contributed by atoms with van der Waals surface area (Å²) in [5, 5.41) is 6.75. The first-order chi connectivity index (χ1) is 13.8. The van der Waals surface area contributed by atoms with Gasteiger partial charge in [0.1, 0.15) is 0 Å². The molecule has 2 N–H and O–H groups in total. The molecule has 0 radical (unpaired) electrons. The highest BCUT2D eigenvalue weighted by Crippen LogP contribution is 2.14. The molecule has 29 heavy (non-hydrogen) atoms. The van der Waals surface area contributed by atoms with Crippen LogP contribution in [0.1, 0.15) is 32.1 Å². The standard InChI is InChI=1S/C22H38N4O2.HI/c1-23-22(25-14-8-16-28-19-20-11-17-27-18-12-20)24-13-6-7-15-26(2)21-9-4-3-5-10-21;/h3-5,9-10,20H,6-8,11-19H2,1-2H3,(H2,23,24,25);1H. The van der Waals surface area contributed by atoms with Crippen molar-refractivity contribution in [3.8, 4) is 0 Å². The van der Waals surface area contributed by atoms with Gasteiger partial charge in [-0.3, -0.25) is 4.99 Å². The van der Waals surface area contributed by atoms with E-state index in [4.69, 9.17) is 9.47 Å². The third kappa shape index (κ3) is 11.6. The lowest BCUT2D eigenvalue weighted by atomic mass is 10.0. The van der Waals surface area contributed by atoms with Gasteiger partial charge in [0.15, 0.2) is 5.96 Å². The van der Waals surface area contributed by atoms with Gasteiger partial charge in [-0.15, -0.1) is 24.0 Å². The minimum atomic E-state index is 0. The smallest absolute Gasteiger partial charge is 0.190 e. The van der Waals surface area contributed by atoms with Crippen LogP contribution in [0, 0.1) is 5.92 Å². The number of hydrogen-bond donors (Lipinski definition) is 2. The first-order valence-electron chi connectivity index (χ1n) is 10.7. The van der Waals surface area contributed by atoms with Crippen LogP contribution in [0.25, 0.3) is 0 Å². The monoisotopic (exact) mass is 518 g/mol. The predicted molar refractivity (Wildman–Crippen MR) is 133 cm³/mol. The van der Waals surface area contributed by atoms with Gasteiger partial charge < -0.3 is 25.0 Å². The molecule has 0 aromatic heterocycles. The second-order valence-corrected chi connectivity index (χ2v) is 7.37. The highest BCUT2D eigenvalue weighted by Gasteiger charge is 2.13. The molecule has 0 unspecified atom stereocenters. The molecule has 166 valence electrons. The van der Waals surface area contributed by atoms with E-state index in [9.17, 15) is 0 Å². The van der Waals surface area contributed by atoms with Crippen molar-refractivity contribution >= 4 is 35.6 Å². The topological polar surface area (TPSA) is 58.1 Å². The molecule has 1 aromatic carbocycles. The van der Waals surface area contributed by atoms with E-state index in [-0.39, 0.29) is 24.0 Å². The number of ether oxygens (including phenoxy) is 2. The van der Waals surface area contributed by atoms with E-state index in [0.29, 0.717) is 5.92 Å². The number of benzene rings is 1. The predicted octanol–water partition coefficient (Wildman–Crippen LogP) is 3.52. The molecule has 0 bridgehead atoms. The number of nitrogens with zero attached hydrogens (tertiary/aromatic N) is 2. The molecular weight excluding hydrogens is 479 g/mol. The Balaban J connectivity index is 0.00000420. The summed E-state index contributed by atoms with van der Waals surface area (Å²) in [5.74, 6) is 1.55. The third-order valence-electron chi connectivity index (χ3n) is 5.09. The lowest BCUT2D eigenvalue weighted by Gasteiger charge is -2.21. The molecule has 2 rings (SSSR count). The Bertz CT molecular complexity index is 539. The highest BCUT2D eigenvalue weighted by molar-refractivity contribution is 14.0. The fraction of sp³-hybridized carbons (Fsp3) is 0.682. The quantitative estimate of drug-likeness (QED) is 0.192. The second kappa shape index (κ2) is 16.7. The van der Waals surface area contributed by atoms with Gasteiger partial charge in [0.05, 0.1) is 0 Å². The average molecular weight is 518 g/mol. The van der Waals surface area contributed by atoms with Crippen LogP contribution in [0.5, 0.6) is 0 Å². The number of hydrogen-bond acceptors (Lipinski definition) is 4. The number of anilines is 1. The first kappa shape index (κ1) is 26.0. The van der Waals surface area contributed by atoms with Crippen LogP contribution in [-0.2, 0) is 9.47 Å². The molecule has 1 aliphatic heterocycles. The first-order valence-corrected chi connectivity index (χ1v) is 10.7. The lowest BCUT2D eigenvalue weighted by Crippen LogP contribution is -2.38. The van der Waals surface area contributed by atoms with E-state index in [2.05, 4.69) is 57.9 Å². The fourth-order valence-corrected chi connectivity index (χ4v) is 3.26. The van der Waals surface area contributed by atoms with Gasteiger partial charge in [0.2, 0.25) is 0 Å². The van der Waals surface area contributed by atoms with Crippen molar-refractivity contribution in [3.63, 3.8) is 0 Å². The van der Waals surface area contributed by atoms with E-state index >= 15 is 0 Å². The largest absolute Gasteiger partial charge is 0.381 e. The van der Waals surface area contributed by atoms with Crippen molar-refractivity contribution in [3.05, 3.63) is 30.3 Å². The average Bonchev–Trinajstić information content (AvgIpc) is 2.75. The summed E-state index contributed by atoms with van der Waals surface area (Å²) >= 11 is 0. The van der Waals surface area contributed by atoms with Gasteiger partial charge >= 0.3 is 0 Å². The molecule has 0 atom stereocenters. The van der Waals surface area contributed by atoms with Crippen molar-refractivity contribution in [1.29, 1.82) is 0 Å². The van der Waals surface area contributed by atoms with Gasteiger partial charge in [-0.25, -0.2) is 0 Å². The molecule has 1 saturated heterocycles. The summed E-state index contributed by atoms with van der Waals surface area (Å²) in [6.45, 7) is 6.32. The van der Waals surface area contributed by atoms with E-state index in [1.165, 1.54) is 5.69 Å². The Morgan fingerprint density at radius 3 is 2.48 bits per heavy atom. The summed E-state index contributed by atoms with van der Waals surface area (Å²) in [5.41, 5.74) is 1.27. The highest BCUT2D eigenvalue weighted by atomic mass is 127. The summed E-state index contributed by atoms with van der Waals surface area (Å²) in [6, 6.07) is 10.5. The van der Waals surface area contributed by atoms with Crippen LogP contribution < -0.4 is 15.5 Å². The van der Waals surface area contributed by atoms with Gasteiger partial charge in [-0.1, -0.05) is 18.2 Å². The Kier molecular flexibility index (Phi) is 15.0. The minimum absolute atomic E-state index is 0. The molecule has 0 aliphatic carbocycles. The number of unbranched alkanes of at least 4 members (excludes halogenated alkanes) is 1. The Morgan fingerprint density at radius 2 is 1.79 bits per heavy atom. The van der Waals surface area contributed by atoms with Crippen molar-refractivity contribution in [2.75, 3.05) is 65.1 Å². The summed E-state index contributed by atoms with van der Waals surface area (Å²) in [7, 11) is 3.97. The van der Waals surface area contributed by atoms with Crippen LogP contribution in [0.3, 0.4) is 0 Å². The summed E-state index contributed by atoms with van der Waals surface area (Å²) < 4.78 is 11.2. The summed E-state index contributed by atoms with van der Waals surface area (Å²) in [4.78, 5) is 6.59. The van der Waals surface area contributed by atoms with Gasteiger partial charge in [0.25, 0.3) is 0 Å². The maximum absolute atomic E-state index is 5.80. The van der Waals surface area contributed by atoms with E-state index in [0.717, 1.165) is 84.1 Å². The normalized spacial score (nSPS) is 14.9. The van der Waals surface area contributed by atoms with E-state index in [1.807, 2.05) is 7.05 Å². The van der Waals surface area contributed by atoms with E-state index < -0.39 is 0 Å². The Hall–Kier alpha value is -1.06. The number of rotatable bonds is 12. The van der Waals surface area contributed by atoms with E-state index in [1.54, 1.807) is 0 Å². The Morgan fingerprint density at radius 1 is 1.10 bits per heavy atom. The summed E-state index contributed by atoms with van der Waals surface area (Å²) in [6.07, 6.45) is 5.53. The van der Waals surface area contributed by atoms with Crippen molar-refractivity contribution in [1.82, 2.24) is 10.6 Å². The minimum Gasteiger partial charge on any atom is -0.381 e. The number of nitrogens with one attached hydrogen (secondary N) is 2. The van der Waals surface area contributed by atoms with Gasteiger partial charge in [-0.2, -0.15) is 0 Å². The molecule has 1 fully saturated rings. The Labute approximate surface area is 193 Å². The molecule has 7 heteroatoms. The second-order valence-electron chi connectivity index (χ2n) is 7.37. The molecule has 6 nitrogen and oxygen atoms in total. The fourth-order valence-electron chi connectivity index (χ4n) is 3.26. The number of para-hydroxylation sites is 1. The van der Waals surface area contributed by atoms with Crippen molar-refractivity contribution < 1.29 is 9.47 Å². The van der Waals surface area contributed by atoms with Crippen LogP contribution in [0.4, 0.5) is 5.69 Å². The molecular formula is C22H39IN4O2. The molecule has 0 amide bonds. The number of aliphatic imine (C=N–C) groups is 1. The number of guanidine groups is 1. The molecule has 1 aromatic rings. The van der Waals surface area contributed by atoms with Crippen LogP contribution in [-0.4, -0.2) is 66.1 Å². The molecule has 0 spiro atoms. The SMILES string of the molecule is CN=C(NCCCCN(C)c1ccccc1)NCCCOCC1CCOCC1.I. The maximum Gasteiger partial charge on any atom is 0.190 e. The van der Waals surface area contributed by atoms with Crippen LogP contribution in [0.2, 0.25) is 0 Å². The zero-order valence-corrected chi connectivity index (χ0v) is 20.4. The van der Waals surface area contributed by atoms with Gasteiger partial charge in [-0.05, 0) is 50.2 Å².